The third kappa shape index (κ3) is 4.40. The predicted molar refractivity (Wildman–Crippen MR) is 87.6 cm³/mol. The van der Waals surface area contributed by atoms with Crippen molar-refractivity contribution in [1.29, 1.82) is 0 Å². The maximum atomic E-state index is 12.5. The van der Waals surface area contributed by atoms with Crippen LogP contribution in [0.4, 0.5) is 5.95 Å². The molecule has 1 aliphatic heterocycles. The molecule has 0 saturated carbocycles. The first kappa shape index (κ1) is 17.2. The molecule has 0 aliphatic carbocycles. The minimum atomic E-state index is -0.247. The summed E-state index contributed by atoms with van der Waals surface area (Å²) in [6, 6.07) is 0. The van der Waals surface area contributed by atoms with E-state index in [4.69, 9.17) is 0 Å². The summed E-state index contributed by atoms with van der Waals surface area (Å²) in [5.74, 6) is 0.792. The van der Waals surface area contributed by atoms with Crippen molar-refractivity contribution in [3.05, 3.63) is 18.0 Å². The summed E-state index contributed by atoms with van der Waals surface area (Å²) in [5, 5.41) is 2.85. The van der Waals surface area contributed by atoms with Crippen molar-refractivity contribution < 1.29 is 9.59 Å². The number of nitrogens with zero attached hydrogens (tertiary/aromatic N) is 4. The van der Waals surface area contributed by atoms with E-state index >= 15 is 0 Å². The highest BCUT2D eigenvalue weighted by atomic mass is 16.2. The number of carbonyl (C=O) groups excluding carboxylic acids is 2. The third-order valence-electron chi connectivity index (χ3n) is 3.87. The molecule has 2 amide bonds. The van der Waals surface area contributed by atoms with Gasteiger partial charge in [-0.25, -0.2) is 9.97 Å². The largest absolute Gasteiger partial charge is 0.357 e. The van der Waals surface area contributed by atoms with Gasteiger partial charge in [0.1, 0.15) is 0 Å². The van der Waals surface area contributed by atoms with Gasteiger partial charge in [0.25, 0.3) is 0 Å². The van der Waals surface area contributed by atoms with E-state index < -0.39 is 0 Å². The topological polar surface area (TPSA) is 78.4 Å². The molecule has 1 saturated heterocycles. The van der Waals surface area contributed by atoms with E-state index in [2.05, 4.69) is 29.1 Å². The molecule has 0 spiro atoms. The normalized spacial score (nSPS) is 17.7. The van der Waals surface area contributed by atoms with E-state index in [9.17, 15) is 9.59 Å². The van der Waals surface area contributed by atoms with Crippen LogP contribution in [0, 0.1) is 11.8 Å². The van der Waals surface area contributed by atoms with Crippen LogP contribution < -0.4 is 5.32 Å². The van der Waals surface area contributed by atoms with Gasteiger partial charge < -0.3 is 15.1 Å². The average molecular weight is 319 g/mol. The maximum absolute atomic E-state index is 12.5. The van der Waals surface area contributed by atoms with Crippen molar-refractivity contribution in [2.45, 2.75) is 26.8 Å². The molecule has 126 valence electrons. The van der Waals surface area contributed by atoms with Crippen LogP contribution in [0.5, 0.6) is 0 Å². The Hall–Kier alpha value is -2.18. The van der Waals surface area contributed by atoms with Gasteiger partial charge in [-0.15, -0.1) is 0 Å². The Kier molecular flexibility index (Phi) is 5.52. The van der Waals surface area contributed by atoms with Crippen molar-refractivity contribution >= 4 is 17.8 Å². The van der Waals surface area contributed by atoms with Crippen molar-refractivity contribution in [3.8, 4) is 0 Å². The van der Waals surface area contributed by atoms with E-state index in [0.717, 1.165) is 5.56 Å². The number of hydrogen-bond donors (Lipinski definition) is 1. The van der Waals surface area contributed by atoms with E-state index in [1.54, 1.807) is 36.3 Å². The molecule has 1 fully saturated rings. The zero-order valence-corrected chi connectivity index (χ0v) is 14.2. The monoisotopic (exact) mass is 319 g/mol. The lowest BCUT2D eigenvalue weighted by Crippen LogP contribution is -2.35. The molecule has 1 unspecified atom stereocenters. The number of nitrogens with one attached hydrogen (secondary N) is 1. The summed E-state index contributed by atoms with van der Waals surface area (Å²) < 4.78 is 0. The van der Waals surface area contributed by atoms with Crippen LogP contribution in [-0.2, 0) is 16.1 Å². The lowest BCUT2D eigenvalue weighted by Gasteiger charge is -2.22. The first-order valence-electron chi connectivity index (χ1n) is 7.92. The molecule has 0 radical (unpaired) electrons. The zero-order chi connectivity index (χ0) is 17.0. The molecular weight excluding hydrogens is 294 g/mol. The second-order valence-electron chi connectivity index (χ2n) is 6.45. The second kappa shape index (κ2) is 7.39. The standard InChI is InChI=1S/C16H25N5O2/c1-11(2)8-21-10-13(5-14(21)22)15(23)20(4)9-12-6-18-16(17-3)19-7-12/h6-7,11,13H,5,8-10H2,1-4H3,(H,17,18,19). The zero-order valence-electron chi connectivity index (χ0n) is 14.2. The quantitative estimate of drug-likeness (QED) is 0.846. The van der Waals surface area contributed by atoms with Crippen LogP contribution in [0.15, 0.2) is 12.4 Å². The van der Waals surface area contributed by atoms with E-state index in [1.165, 1.54) is 0 Å². The van der Waals surface area contributed by atoms with E-state index in [1.807, 2.05) is 0 Å². The molecule has 2 rings (SSSR count). The summed E-state index contributed by atoms with van der Waals surface area (Å²) in [5.41, 5.74) is 0.864. The van der Waals surface area contributed by atoms with Gasteiger partial charge in [0.15, 0.2) is 0 Å². The molecule has 2 heterocycles. The number of carbonyl (C=O) groups is 2. The van der Waals surface area contributed by atoms with Gasteiger partial charge in [0.05, 0.1) is 5.92 Å². The number of anilines is 1. The Labute approximate surface area is 137 Å². The Morgan fingerprint density at radius 3 is 2.65 bits per heavy atom. The average Bonchev–Trinajstić information content (AvgIpc) is 2.87. The van der Waals surface area contributed by atoms with Gasteiger partial charge in [-0.1, -0.05) is 13.8 Å². The molecule has 23 heavy (non-hydrogen) atoms. The molecular formula is C16H25N5O2. The SMILES string of the molecule is CNc1ncc(CN(C)C(=O)C2CC(=O)N(CC(C)C)C2)cn1. The van der Waals surface area contributed by atoms with Gasteiger partial charge >= 0.3 is 0 Å². The molecule has 0 bridgehead atoms. The number of hydrogen-bond acceptors (Lipinski definition) is 5. The summed E-state index contributed by atoms with van der Waals surface area (Å²) in [6.45, 7) is 5.82. The van der Waals surface area contributed by atoms with Crippen LogP contribution in [0.25, 0.3) is 0 Å². The first-order chi connectivity index (χ1) is 10.9. The van der Waals surface area contributed by atoms with Crippen LogP contribution in [0.3, 0.4) is 0 Å². The number of amides is 2. The highest BCUT2D eigenvalue weighted by molar-refractivity contribution is 5.89. The summed E-state index contributed by atoms with van der Waals surface area (Å²) in [4.78, 5) is 36.3. The lowest BCUT2D eigenvalue weighted by molar-refractivity contribution is -0.135. The van der Waals surface area contributed by atoms with E-state index in [0.29, 0.717) is 37.9 Å². The van der Waals surface area contributed by atoms with Gasteiger partial charge in [0, 0.05) is 58.1 Å². The van der Waals surface area contributed by atoms with Crippen molar-refractivity contribution in [1.82, 2.24) is 19.8 Å². The number of aromatic nitrogens is 2. The number of likely N-dealkylation sites (tertiary alicyclic amines) is 1. The Bertz CT molecular complexity index is 558. The molecule has 7 heteroatoms. The third-order valence-corrected chi connectivity index (χ3v) is 3.87. The van der Waals surface area contributed by atoms with Gasteiger partial charge in [-0.3, -0.25) is 9.59 Å². The highest BCUT2D eigenvalue weighted by Gasteiger charge is 2.35. The fraction of sp³-hybridized carbons (Fsp3) is 0.625. The number of rotatable bonds is 6. The van der Waals surface area contributed by atoms with Gasteiger partial charge in [-0.2, -0.15) is 0 Å². The van der Waals surface area contributed by atoms with Crippen molar-refractivity contribution in [2.75, 3.05) is 32.5 Å². The predicted octanol–water partition coefficient (Wildman–Crippen LogP) is 0.981. The Morgan fingerprint density at radius 2 is 2.09 bits per heavy atom. The van der Waals surface area contributed by atoms with Crippen molar-refractivity contribution in [3.63, 3.8) is 0 Å². The fourth-order valence-corrected chi connectivity index (χ4v) is 2.78. The molecule has 7 nitrogen and oxygen atoms in total. The minimum absolute atomic E-state index is 0.00213. The maximum Gasteiger partial charge on any atom is 0.228 e. The molecule has 0 aromatic carbocycles. The fourth-order valence-electron chi connectivity index (χ4n) is 2.78. The van der Waals surface area contributed by atoms with Crippen LogP contribution in [0.2, 0.25) is 0 Å². The summed E-state index contributed by atoms with van der Waals surface area (Å²) >= 11 is 0. The van der Waals surface area contributed by atoms with Crippen LogP contribution in [-0.4, -0.2) is 58.8 Å². The second-order valence-corrected chi connectivity index (χ2v) is 6.45. The van der Waals surface area contributed by atoms with Gasteiger partial charge in [-0.05, 0) is 5.92 Å². The Balaban J connectivity index is 1.93. The Morgan fingerprint density at radius 1 is 1.43 bits per heavy atom. The highest BCUT2D eigenvalue weighted by Crippen LogP contribution is 2.21. The molecule has 1 aromatic rings. The first-order valence-corrected chi connectivity index (χ1v) is 7.92. The molecule has 1 aromatic heterocycles. The van der Waals surface area contributed by atoms with Crippen molar-refractivity contribution in [2.24, 2.45) is 11.8 Å². The molecule has 1 N–H and O–H groups in total. The van der Waals surface area contributed by atoms with Gasteiger partial charge in [0.2, 0.25) is 17.8 Å². The molecule has 1 aliphatic rings. The van der Waals surface area contributed by atoms with Crippen LogP contribution >= 0.6 is 0 Å². The lowest BCUT2D eigenvalue weighted by atomic mass is 10.1. The summed E-state index contributed by atoms with van der Waals surface area (Å²) in [6.07, 6.45) is 3.71. The van der Waals surface area contributed by atoms with Crippen LogP contribution in [0.1, 0.15) is 25.8 Å². The molecule has 1 atom stereocenters. The summed E-state index contributed by atoms with van der Waals surface area (Å²) in [7, 11) is 3.51. The minimum Gasteiger partial charge on any atom is -0.357 e. The smallest absolute Gasteiger partial charge is 0.228 e. The van der Waals surface area contributed by atoms with E-state index in [-0.39, 0.29) is 17.7 Å².